The molecule has 1 atom stereocenters. The van der Waals surface area contributed by atoms with E-state index in [1.807, 2.05) is 0 Å². The Hall–Kier alpha value is 0.270. The largest absolute Gasteiger partial charge is 0.319 e. The molecular weight excluding hydrogens is 228 g/mol. The molecule has 2 rings (SSSR count). The van der Waals surface area contributed by atoms with Gasteiger partial charge in [0.05, 0.1) is 0 Å². The van der Waals surface area contributed by atoms with Crippen LogP contribution in [0.5, 0.6) is 0 Å². The molecule has 0 bridgehead atoms. The van der Waals surface area contributed by atoms with Crippen LogP contribution < -0.4 is 5.32 Å². The molecule has 0 spiro atoms. The fourth-order valence-corrected chi connectivity index (χ4v) is 4.55. The van der Waals surface area contributed by atoms with Gasteiger partial charge < -0.3 is 10.2 Å². The van der Waals surface area contributed by atoms with Crippen molar-refractivity contribution in [2.75, 3.05) is 39.5 Å². The second kappa shape index (κ2) is 6.44. The minimum absolute atomic E-state index is 0.590. The molecule has 0 radical (unpaired) electrons. The van der Waals surface area contributed by atoms with Gasteiger partial charge in [-0.05, 0) is 51.6 Å². The summed E-state index contributed by atoms with van der Waals surface area (Å²) < 4.78 is 0.590. The average molecular weight is 256 g/mol. The summed E-state index contributed by atoms with van der Waals surface area (Å²) in [5, 5.41) is 3.33. The van der Waals surface area contributed by atoms with Gasteiger partial charge in [-0.25, -0.2) is 0 Å². The van der Waals surface area contributed by atoms with Crippen LogP contribution in [0.15, 0.2) is 0 Å². The lowest BCUT2D eigenvalue weighted by Crippen LogP contribution is -2.41. The molecule has 1 aliphatic heterocycles. The third-order valence-electron chi connectivity index (χ3n) is 4.57. The zero-order chi connectivity index (χ0) is 12.1. The second-order valence-corrected chi connectivity index (χ2v) is 7.17. The molecule has 2 fully saturated rings. The number of nitrogens with one attached hydrogen (secondary N) is 1. The van der Waals surface area contributed by atoms with Gasteiger partial charge in [0.15, 0.2) is 0 Å². The van der Waals surface area contributed by atoms with Gasteiger partial charge in [0.25, 0.3) is 0 Å². The van der Waals surface area contributed by atoms with Crippen LogP contribution in [0.1, 0.15) is 38.5 Å². The van der Waals surface area contributed by atoms with E-state index in [0.29, 0.717) is 4.75 Å². The van der Waals surface area contributed by atoms with E-state index in [9.17, 15) is 0 Å². The highest BCUT2D eigenvalue weighted by Gasteiger charge is 2.35. The van der Waals surface area contributed by atoms with E-state index in [1.54, 1.807) is 0 Å². The third-order valence-corrected chi connectivity index (χ3v) is 5.98. The Morgan fingerprint density at radius 3 is 2.71 bits per heavy atom. The number of nitrogens with zero attached hydrogens (tertiary/aromatic N) is 1. The van der Waals surface area contributed by atoms with Crippen LogP contribution in [0.2, 0.25) is 0 Å². The van der Waals surface area contributed by atoms with E-state index in [0.717, 1.165) is 5.92 Å². The summed E-state index contributed by atoms with van der Waals surface area (Å²) in [4.78, 5) is 2.73. The van der Waals surface area contributed by atoms with Crippen LogP contribution in [0.3, 0.4) is 0 Å². The topological polar surface area (TPSA) is 15.3 Å². The highest BCUT2D eigenvalue weighted by molar-refractivity contribution is 8.00. The van der Waals surface area contributed by atoms with Gasteiger partial charge in [-0.2, -0.15) is 11.8 Å². The second-order valence-electron chi connectivity index (χ2n) is 5.90. The normalized spacial score (nSPS) is 29.6. The third kappa shape index (κ3) is 3.62. The maximum absolute atomic E-state index is 3.33. The minimum Gasteiger partial charge on any atom is -0.319 e. The van der Waals surface area contributed by atoms with Crippen LogP contribution in [0.25, 0.3) is 0 Å². The molecule has 1 unspecified atom stereocenters. The predicted molar refractivity (Wildman–Crippen MR) is 77.8 cm³/mol. The lowest BCUT2D eigenvalue weighted by atomic mass is 9.88. The fourth-order valence-electron chi connectivity index (χ4n) is 3.54. The number of likely N-dealkylation sites (tertiary alicyclic amines) is 1. The van der Waals surface area contributed by atoms with Gasteiger partial charge in [-0.3, -0.25) is 0 Å². The quantitative estimate of drug-likeness (QED) is 0.814. The minimum atomic E-state index is 0.590. The van der Waals surface area contributed by atoms with E-state index in [4.69, 9.17) is 0 Å². The molecule has 0 aromatic rings. The summed E-state index contributed by atoms with van der Waals surface area (Å²) in [5.74, 6) is 0.891. The smallest absolute Gasteiger partial charge is 0.0284 e. The van der Waals surface area contributed by atoms with Crippen molar-refractivity contribution in [3.63, 3.8) is 0 Å². The average Bonchev–Trinajstić information content (AvgIpc) is 2.78. The lowest BCUT2D eigenvalue weighted by Gasteiger charge is -2.39. The van der Waals surface area contributed by atoms with Crippen molar-refractivity contribution in [2.45, 2.75) is 43.3 Å². The molecule has 17 heavy (non-hydrogen) atoms. The molecule has 0 aromatic carbocycles. The molecule has 1 saturated heterocycles. The summed E-state index contributed by atoms with van der Waals surface area (Å²) in [6.45, 7) is 5.19. The van der Waals surface area contributed by atoms with Crippen LogP contribution >= 0.6 is 11.8 Å². The van der Waals surface area contributed by atoms with Gasteiger partial charge in [0.2, 0.25) is 0 Å². The van der Waals surface area contributed by atoms with Crippen molar-refractivity contribution in [3.05, 3.63) is 0 Å². The first-order chi connectivity index (χ1) is 8.28. The Morgan fingerprint density at radius 1 is 1.29 bits per heavy atom. The number of hydrogen-bond donors (Lipinski definition) is 1. The Labute approximate surface area is 111 Å². The summed E-state index contributed by atoms with van der Waals surface area (Å²) in [6.07, 6.45) is 11.0. The molecule has 1 saturated carbocycles. The van der Waals surface area contributed by atoms with E-state index in [2.05, 4.69) is 35.3 Å². The molecule has 100 valence electrons. The molecule has 0 aromatic heterocycles. The lowest BCUT2D eigenvalue weighted by molar-refractivity contribution is 0.251. The summed E-state index contributed by atoms with van der Waals surface area (Å²) in [7, 11) is 2.08. The molecule has 2 nitrogen and oxygen atoms in total. The summed E-state index contributed by atoms with van der Waals surface area (Å²) in [6, 6.07) is 0. The van der Waals surface area contributed by atoms with Crippen LogP contribution in [0, 0.1) is 5.92 Å². The van der Waals surface area contributed by atoms with Gasteiger partial charge in [0, 0.05) is 17.8 Å². The van der Waals surface area contributed by atoms with Crippen molar-refractivity contribution in [2.24, 2.45) is 5.92 Å². The first-order valence-corrected chi connectivity index (χ1v) is 8.42. The zero-order valence-corrected chi connectivity index (χ0v) is 12.3. The van der Waals surface area contributed by atoms with E-state index < -0.39 is 0 Å². The Balaban J connectivity index is 1.83. The molecule has 1 N–H and O–H groups in total. The first-order valence-electron chi connectivity index (χ1n) is 7.20. The first kappa shape index (κ1) is 13.7. The SMILES string of the molecule is CNCC1CCN(CC2(SC)CCCCC2)C1. The highest BCUT2D eigenvalue weighted by Crippen LogP contribution is 2.39. The molecular formula is C14H28N2S. The van der Waals surface area contributed by atoms with Gasteiger partial charge in [0.1, 0.15) is 0 Å². The van der Waals surface area contributed by atoms with E-state index >= 15 is 0 Å². The standard InChI is InChI=1S/C14H28N2S/c1-15-10-13-6-9-16(11-13)12-14(17-2)7-4-3-5-8-14/h13,15H,3-12H2,1-2H3. The number of thioether (sulfide) groups is 1. The zero-order valence-electron chi connectivity index (χ0n) is 11.5. The van der Waals surface area contributed by atoms with Gasteiger partial charge in [-0.15, -0.1) is 0 Å². The summed E-state index contributed by atoms with van der Waals surface area (Å²) >= 11 is 2.14. The van der Waals surface area contributed by atoms with Crippen molar-refractivity contribution >= 4 is 11.8 Å². The number of rotatable bonds is 5. The molecule has 1 heterocycles. The summed E-state index contributed by atoms with van der Waals surface area (Å²) in [5.41, 5.74) is 0. The van der Waals surface area contributed by atoms with Crippen LogP contribution in [-0.2, 0) is 0 Å². The Bertz CT molecular complexity index is 226. The van der Waals surface area contributed by atoms with Crippen molar-refractivity contribution in [1.82, 2.24) is 10.2 Å². The van der Waals surface area contributed by atoms with Crippen molar-refractivity contribution in [3.8, 4) is 0 Å². The van der Waals surface area contributed by atoms with Crippen molar-refractivity contribution < 1.29 is 0 Å². The van der Waals surface area contributed by atoms with E-state index in [-0.39, 0.29) is 0 Å². The maximum Gasteiger partial charge on any atom is 0.0284 e. The van der Waals surface area contributed by atoms with E-state index in [1.165, 1.54) is 64.7 Å². The van der Waals surface area contributed by atoms with Gasteiger partial charge >= 0.3 is 0 Å². The van der Waals surface area contributed by atoms with Crippen LogP contribution in [0.4, 0.5) is 0 Å². The Kier molecular flexibility index (Phi) is 5.19. The highest BCUT2D eigenvalue weighted by atomic mass is 32.2. The van der Waals surface area contributed by atoms with Crippen LogP contribution in [-0.4, -0.2) is 49.1 Å². The molecule has 3 heteroatoms. The maximum atomic E-state index is 3.33. The number of hydrogen-bond acceptors (Lipinski definition) is 3. The Morgan fingerprint density at radius 2 is 2.06 bits per heavy atom. The predicted octanol–water partition coefficient (Wildman–Crippen LogP) is 2.59. The fraction of sp³-hybridized carbons (Fsp3) is 1.00. The monoisotopic (exact) mass is 256 g/mol. The van der Waals surface area contributed by atoms with Crippen molar-refractivity contribution in [1.29, 1.82) is 0 Å². The van der Waals surface area contributed by atoms with Gasteiger partial charge in [-0.1, -0.05) is 19.3 Å². The molecule has 1 aliphatic carbocycles. The molecule has 2 aliphatic rings. The molecule has 0 amide bonds.